The van der Waals surface area contributed by atoms with Crippen LogP contribution in [0.1, 0.15) is 43.4 Å². The van der Waals surface area contributed by atoms with Gasteiger partial charge in [0.2, 0.25) is 5.91 Å². The summed E-state index contributed by atoms with van der Waals surface area (Å²) in [5.41, 5.74) is 3.78. The zero-order valence-electron chi connectivity index (χ0n) is 16.9. The second-order valence-corrected chi connectivity index (χ2v) is 7.71. The summed E-state index contributed by atoms with van der Waals surface area (Å²) in [6.07, 6.45) is 4.94. The van der Waals surface area contributed by atoms with Crippen molar-refractivity contribution in [3.63, 3.8) is 0 Å². The van der Waals surface area contributed by atoms with Crippen molar-refractivity contribution in [2.45, 2.75) is 39.2 Å². The largest absolute Gasteiger partial charge is 0.372 e. The normalized spacial score (nSPS) is 17.0. The monoisotopic (exact) mass is 393 g/mol. The number of fused-ring (bicyclic) bond motifs is 1. The van der Waals surface area contributed by atoms with Gasteiger partial charge in [-0.05, 0) is 55.5 Å². The SMILES string of the molecule is CCC(NC(=O)N1CC(=O)Nc2cc(C)cnc21)c1ccc(N2CCCC2)cc1. The number of carbonyl (C=O) groups excluding carboxylic acids is 2. The van der Waals surface area contributed by atoms with Gasteiger partial charge in [-0.1, -0.05) is 19.1 Å². The minimum Gasteiger partial charge on any atom is -0.372 e. The first-order chi connectivity index (χ1) is 14.0. The highest BCUT2D eigenvalue weighted by atomic mass is 16.2. The zero-order valence-corrected chi connectivity index (χ0v) is 16.9. The molecule has 1 aromatic carbocycles. The molecule has 152 valence electrons. The molecule has 1 atom stereocenters. The Bertz CT molecular complexity index is 906. The molecule has 2 aliphatic rings. The third-order valence-electron chi connectivity index (χ3n) is 5.55. The lowest BCUT2D eigenvalue weighted by Gasteiger charge is -2.30. The van der Waals surface area contributed by atoms with Crippen molar-refractivity contribution in [2.75, 3.05) is 34.8 Å². The maximum atomic E-state index is 13.0. The predicted molar refractivity (Wildman–Crippen MR) is 114 cm³/mol. The van der Waals surface area contributed by atoms with Crippen LogP contribution in [0.5, 0.6) is 0 Å². The Morgan fingerprint density at radius 2 is 1.97 bits per heavy atom. The maximum absolute atomic E-state index is 13.0. The van der Waals surface area contributed by atoms with Crippen LogP contribution < -0.4 is 20.4 Å². The number of aryl methyl sites for hydroxylation is 1. The molecule has 2 N–H and O–H groups in total. The molecule has 0 saturated carbocycles. The Morgan fingerprint density at radius 1 is 1.24 bits per heavy atom. The summed E-state index contributed by atoms with van der Waals surface area (Å²) in [5, 5.41) is 5.86. The molecule has 7 nitrogen and oxygen atoms in total. The van der Waals surface area contributed by atoms with Gasteiger partial charge in [-0.2, -0.15) is 0 Å². The number of aromatic nitrogens is 1. The van der Waals surface area contributed by atoms with Crippen LogP contribution in [-0.4, -0.2) is 36.6 Å². The molecule has 4 rings (SSSR count). The fraction of sp³-hybridized carbons (Fsp3) is 0.409. The summed E-state index contributed by atoms with van der Waals surface area (Å²) in [5.74, 6) is 0.259. The molecule has 0 bridgehead atoms. The molecule has 1 fully saturated rings. The minimum absolute atomic E-state index is 0.0424. The van der Waals surface area contributed by atoms with Gasteiger partial charge in [-0.15, -0.1) is 0 Å². The lowest BCUT2D eigenvalue weighted by atomic mass is 10.0. The summed E-state index contributed by atoms with van der Waals surface area (Å²) in [6, 6.07) is 9.81. The van der Waals surface area contributed by atoms with E-state index < -0.39 is 0 Å². The number of urea groups is 1. The van der Waals surface area contributed by atoms with Gasteiger partial charge in [-0.3, -0.25) is 9.69 Å². The molecule has 29 heavy (non-hydrogen) atoms. The molecule has 2 aliphatic heterocycles. The van der Waals surface area contributed by atoms with E-state index in [4.69, 9.17) is 0 Å². The number of anilines is 3. The summed E-state index contributed by atoms with van der Waals surface area (Å²) < 4.78 is 0. The molecule has 7 heteroatoms. The van der Waals surface area contributed by atoms with E-state index in [1.807, 2.05) is 19.9 Å². The van der Waals surface area contributed by atoms with Crippen molar-refractivity contribution in [3.8, 4) is 0 Å². The highest BCUT2D eigenvalue weighted by Gasteiger charge is 2.29. The van der Waals surface area contributed by atoms with Gasteiger partial charge in [0.25, 0.3) is 0 Å². The molecule has 0 aliphatic carbocycles. The topological polar surface area (TPSA) is 77.6 Å². The van der Waals surface area contributed by atoms with E-state index >= 15 is 0 Å². The smallest absolute Gasteiger partial charge is 0.324 e. The van der Waals surface area contributed by atoms with Gasteiger partial charge in [0.05, 0.1) is 11.7 Å². The van der Waals surface area contributed by atoms with Crippen LogP contribution >= 0.6 is 0 Å². The Labute approximate surface area is 171 Å². The zero-order chi connectivity index (χ0) is 20.4. The Balaban J connectivity index is 1.50. The molecule has 0 spiro atoms. The van der Waals surface area contributed by atoms with Crippen LogP contribution in [0.15, 0.2) is 36.5 Å². The van der Waals surface area contributed by atoms with Gasteiger partial charge < -0.3 is 15.5 Å². The fourth-order valence-electron chi connectivity index (χ4n) is 3.99. The number of carbonyl (C=O) groups is 2. The number of nitrogens with one attached hydrogen (secondary N) is 2. The molecule has 0 radical (unpaired) electrons. The Kier molecular flexibility index (Phi) is 5.38. The molecule has 1 aromatic heterocycles. The van der Waals surface area contributed by atoms with E-state index in [2.05, 4.69) is 44.8 Å². The van der Waals surface area contributed by atoms with Gasteiger partial charge in [-0.25, -0.2) is 9.78 Å². The number of hydrogen-bond donors (Lipinski definition) is 2. The van der Waals surface area contributed by atoms with Crippen LogP contribution in [0.2, 0.25) is 0 Å². The van der Waals surface area contributed by atoms with Crippen LogP contribution in [0.4, 0.5) is 22.0 Å². The average molecular weight is 393 g/mol. The molecule has 3 heterocycles. The highest BCUT2D eigenvalue weighted by molar-refractivity contribution is 6.08. The molecule has 1 unspecified atom stereocenters. The van der Waals surface area contributed by atoms with Crippen molar-refractivity contribution in [2.24, 2.45) is 0 Å². The average Bonchev–Trinajstić information content (AvgIpc) is 3.26. The molecule has 2 aromatic rings. The number of rotatable bonds is 4. The van der Waals surface area contributed by atoms with Crippen LogP contribution in [0.25, 0.3) is 0 Å². The van der Waals surface area contributed by atoms with Crippen molar-refractivity contribution >= 4 is 29.1 Å². The number of benzene rings is 1. The first-order valence-electron chi connectivity index (χ1n) is 10.2. The van der Waals surface area contributed by atoms with Crippen LogP contribution in [-0.2, 0) is 4.79 Å². The van der Waals surface area contributed by atoms with E-state index in [-0.39, 0.29) is 24.5 Å². The lowest BCUT2D eigenvalue weighted by Crippen LogP contribution is -2.48. The standard InChI is InChI=1S/C22H27N5O2/c1-3-18(16-6-8-17(9-7-16)26-10-4-5-11-26)25-22(29)27-14-20(28)24-19-12-15(2)13-23-21(19)27/h6-9,12-13,18H,3-5,10-11,14H2,1-2H3,(H,24,28)(H,25,29). The minimum atomic E-state index is -0.312. The Morgan fingerprint density at radius 3 is 2.66 bits per heavy atom. The quantitative estimate of drug-likeness (QED) is 0.832. The van der Waals surface area contributed by atoms with Crippen LogP contribution in [0.3, 0.4) is 0 Å². The molecular weight excluding hydrogens is 366 g/mol. The summed E-state index contributed by atoms with van der Waals surface area (Å²) >= 11 is 0. The second kappa shape index (κ2) is 8.11. The first-order valence-corrected chi connectivity index (χ1v) is 10.2. The molecule has 1 saturated heterocycles. The molecular formula is C22H27N5O2. The van der Waals surface area contributed by atoms with E-state index in [9.17, 15) is 9.59 Å². The number of nitrogens with zero attached hydrogens (tertiary/aromatic N) is 3. The summed E-state index contributed by atoms with van der Waals surface area (Å²) in [6.45, 7) is 6.11. The van der Waals surface area contributed by atoms with Crippen molar-refractivity contribution in [1.82, 2.24) is 10.3 Å². The second-order valence-electron chi connectivity index (χ2n) is 7.71. The highest BCUT2D eigenvalue weighted by Crippen LogP contribution is 2.29. The molecule has 3 amide bonds. The Hall–Kier alpha value is -3.09. The van der Waals surface area contributed by atoms with Gasteiger partial charge >= 0.3 is 6.03 Å². The van der Waals surface area contributed by atoms with E-state index in [1.54, 1.807) is 6.20 Å². The lowest BCUT2D eigenvalue weighted by molar-refractivity contribution is -0.115. The third-order valence-corrected chi connectivity index (χ3v) is 5.55. The van der Waals surface area contributed by atoms with E-state index in [0.717, 1.165) is 30.6 Å². The fourth-order valence-corrected chi connectivity index (χ4v) is 3.99. The van der Waals surface area contributed by atoms with E-state index in [1.165, 1.54) is 23.4 Å². The first kappa shape index (κ1) is 19.2. The van der Waals surface area contributed by atoms with Gasteiger partial charge in [0.1, 0.15) is 6.54 Å². The van der Waals surface area contributed by atoms with Crippen molar-refractivity contribution in [1.29, 1.82) is 0 Å². The number of amides is 3. The van der Waals surface area contributed by atoms with Crippen LogP contribution in [0, 0.1) is 6.92 Å². The van der Waals surface area contributed by atoms with E-state index in [0.29, 0.717) is 11.5 Å². The summed E-state index contributed by atoms with van der Waals surface area (Å²) in [7, 11) is 0. The predicted octanol–water partition coefficient (Wildman–Crippen LogP) is 3.61. The summed E-state index contributed by atoms with van der Waals surface area (Å²) in [4.78, 5) is 33.2. The number of pyridine rings is 1. The van der Waals surface area contributed by atoms with Crippen molar-refractivity contribution in [3.05, 3.63) is 47.7 Å². The van der Waals surface area contributed by atoms with Gasteiger partial charge in [0.15, 0.2) is 5.82 Å². The van der Waals surface area contributed by atoms with Crippen molar-refractivity contribution < 1.29 is 9.59 Å². The maximum Gasteiger partial charge on any atom is 0.324 e. The third kappa shape index (κ3) is 4.04. The van der Waals surface area contributed by atoms with Gasteiger partial charge in [0, 0.05) is 25.0 Å². The number of hydrogen-bond acceptors (Lipinski definition) is 4.